The summed E-state index contributed by atoms with van der Waals surface area (Å²) in [6, 6.07) is 5.70. The van der Waals surface area contributed by atoms with Gasteiger partial charge in [-0.1, -0.05) is 0 Å². The Morgan fingerprint density at radius 2 is 1.44 bits per heavy atom. The third-order valence-electron chi connectivity index (χ3n) is 9.04. The molecule has 1 aliphatic carbocycles. The number of piperazine rings is 1. The van der Waals surface area contributed by atoms with Crippen molar-refractivity contribution in [3.05, 3.63) is 29.8 Å². The van der Waals surface area contributed by atoms with Gasteiger partial charge in [-0.3, -0.25) is 14.5 Å². The number of hydrogen-bond donors (Lipinski definition) is 2. The molecule has 3 aliphatic rings. The Labute approximate surface area is 285 Å². The summed E-state index contributed by atoms with van der Waals surface area (Å²) in [5.41, 5.74) is -0.337. The van der Waals surface area contributed by atoms with Crippen molar-refractivity contribution in [2.24, 2.45) is 11.8 Å². The van der Waals surface area contributed by atoms with Crippen LogP contribution >= 0.6 is 0 Å². The van der Waals surface area contributed by atoms with E-state index in [1.54, 1.807) is 49.9 Å². The first-order valence-electron chi connectivity index (χ1n) is 16.9. The molecule has 0 aromatic heterocycles. The Kier molecular flexibility index (Phi) is 11.8. The minimum atomic E-state index is -3.29. The van der Waals surface area contributed by atoms with Crippen LogP contribution in [0.15, 0.2) is 24.3 Å². The third kappa shape index (κ3) is 10.6. The van der Waals surface area contributed by atoms with Gasteiger partial charge in [-0.15, -0.1) is 0 Å². The maximum Gasteiger partial charge on any atom is 0.407 e. The maximum absolute atomic E-state index is 14.0. The summed E-state index contributed by atoms with van der Waals surface area (Å²) in [4.78, 5) is 56.3. The topological polar surface area (TPSA) is 155 Å². The Balaban J connectivity index is 1.41. The second-order valence-corrected chi connectivity index (χ2v) is 17.2. The number of sulfonamides is 1. The molecule has 4 rings (SSSR count). The Morgan fingerprint density at radius 1 is 0.854 bits per heavy atom. The van der Waals surface area contributed by atoms with Crippen molar-refractivity contribution in [3.8, 4) is 0 Å². The number of benzene rings is 1. The highest BCUT2D eigenvalue weighted by molar-refractivity contribution is 7.88. The molecule has 1 aromatic rings. The molecular weight excluding hydrogens is 638 g/mol. The molecule has 2 aliphatic heterocycles. The smallest absolute Gasteiger partial charge is 0.407 e. The Bertz CT molecular complexity index is 1420. The first kappa shape index (κ1) is 37.6. The lowest BCUT2D eigenvalue weighted by Crippen LogP contribution is -2.52. The molecule has 2 atom stereocenters. The molecule has 14 heteroatoms. The molecule has 0 spiro atoms. The minimum absolute atomic E-state index is 0.0498. The fourth-order valence-corrected chi connectivity index (χ4v) is 7.44. The quantitative estimate of drug-likeness (QED) is 0.390. The third-order valence-corrected chi connectivity index (χ3v) is 10.3. The Morgan fingerprint density at radius 3 is 1.98 bits per heavy atom. The van der Waals surface area contributed by atoms with Gasteiger partial charge in [0.2, 0.25) is 21.8 Å². The average Bonchev–Trinajstić information content (AvgIpc) is 3.44. The van der Waals surface area contributed by atoms with Crippen molar-refractivity contribution in [1.82, 2.24) is 19.4 Å². The van der Waals surface area contributed by atoms with Crippen LogP contribution in [0.4, 0.5) is 10.5 Å². The first-order chi connectivity index (χ1) is 22.3. The van der Waals surface area contributed by atoms with Gasteiger partial charge in [-0.05, 0) is 104 Å². The number of carbonyl (C=O) groups excluding carboxylic acids is 4. The van der Waals surface area contributed by atoms with Gasteiger partial charge < -0.3 is 25.0 Å². The highest BCUT2D eigenvalue weighted by Gasteiger charge is 2.44. The molecule has 2 heterocycles. The van der Waals surface area contributed by atoms with Crippen molar-refractivity contribution in [2.45, 2.75) is 96.9 Å². The van der Waals surface area contributed by atoms with Crippen molar-refractivity contribution in [3.63, 3.8) is 0 Å². The molecule has 2 saturated heterocycles. The number of carbonyl (C=O) groups is 4. The van der Waals surface area contributed by atoms with Crippen molar-refractivity contribution in [2.75, 3.05) is 50.8 Å². The summed E-state index contributed by atoms with van der Waals surface area (Å²) in [5.74, 6) is -0.803. The molecule has 0 radical (unpaired) electrons. The normalized spacial score (nSPS) is 24.5. The summed E-state index contributed by atoms with van der Waals surface area (Å²) < 4.78 is 36.4. The molecule has 268 valence electrons. The largest absolute Gasteiger partial charge is 0.456 e. The van der Waals surface area contributed by atoms with E-state index in [2.05, 4.69) is 15.5 Å². The Hall–Kier alpha value is -3.23. The SMILES string of the molecule is CC(C)(C)OC(=O)NCC1CCC(C(=O)N2C[C@@H](N3CCN(S(C)(=O)=O)CC3)C[C@H]2C(=O)Nc2ccc(C(=O)OC(C)(C)C)cc2)CC1. The number of nitrogens with zero attached hydrogens (tertiary/aromatic N) is 3. The average molecular weight is 692 g/mol. The fourth-order valence-electron chi connectivity index (χ4n) is 6.61. The molecule has 3 amide bonds. The minimum Gasteiger partial charge on any atom is -0.456 e. The highest BCUT2D eigenvalue weighted by atomic mass is 32.2. The second-order valence-electron chi connectivity index (χ2n) is 15.3. The number of ether oxygens (including phenoxy) is 2. The summed E-state index contributed by atoms with van der Waals surface area (Å²) in [6.07, 6.45) is 4.07. The van der Waals surface area contributed by atoms with Crippen molar-refractivity contribution >= 4 is 39.6 Å². The zero-order valence-electron chi connectivity index (χ0n) is 29.4. The molecule has 3 fully saturated rings. The number of alkyl carbamates (subject to hydrolysis) is 1. The van der Waals surface area contributed by atoms with E-state index in [-0.39, 0.29) is 29.7 Å². The van der Waals surface area contributed by atoms with Gasteiger partial charge in [-0.25, -0.2) is 18.0 Å². The second kappa shape index (κ2) is 15.1. The van der Waals surface area contributed by atoms with E-state index in [1.807, 2.05) is 20.8 Å². The van der Waals surface area contributed by atoms with Crippen LogP contribution in [0.5, 0.6) is 0 Å². The van der Waals surface area contributed by atoms with E-state index in [9.17, 15) is 27.6 Å². The van der Waals surface area contributed by atoms with E-state index in [0.29, 0.717) is 69.8 Å². The van der Waals surface area contributed by atoms with Crippen LogP contribution in [0.2, 0.25) is 0 Å². The van der Waals surface area contributed by atoms with E-state index in [0.717, 1.165) is 12.8 Å². The van der Waals surface area contributed by atoms with E-state index in [4.69, 9.17) is 9.47 Å². The molecule has 0 unspecified atom stereocenters. The molecule has 2 N–H and O–H groups in total. The molecule has 1 aromatic carbocycles. The zero-order valence-corrected chi connectivity index (χ0v) is 30.2. The predicted octanol–water partition coefficient (Wildman–Crippen LogP) is 3.46. The molecule has 0 bridgehead atoms. The zero-order chi connectivity index (χ0) is 35.4. The van der Waals surface area contributed by atoms with Gasteiger partial charge in [0, 0.05) is 56.9 Å². The van der Waals surface area contributed by atoms with Gasteiger partial charge in [0.15, 0.2) is 0 Å². The maximum atomic E-state index is 14.0. The lowest BCUT2D eigenvalue weighted by molar-refractivity contribution is -0.141. The van der Waals surface area contributed by atoms with Crippen LogP contribution in [-0.2, 0) is 29.1 Å². The van der Waals surface area contributed by atoms with Gasteiger partial charge in [0.05, 0.1) is 11.8 Å². The standard InChI is InChI=1S/C34H53N5O8S/c1-33(2,3)46-31(42)25-12-14-26(15-13-25)36-29(40)28-20-27(37-16-18-38(19-17-37)48(7,44)45)22-39(28)30(41)24-10-8-23(9-11-24)21-35-32(43)47-34(4,5)6/h12-15,23-24,27-28H,8-11,16-22H2,1-7H3,(H,35,43)(H,36,40)/t23?,24?,27-,28-/m0/s1. The number of esters is 1. The molecule has 48 heavy (non-hydrogen) atoms. The number of likely N-dealkylation sites (tertiary alicyclic amines) is 1. The molecule has 13 nitrogen and oxygen atoms in total. The summed E-state index contributed by atoms with van der Waals surface area (Å²) in [6.45, 7) is 13.5. The first-order valence-corrected chi connectivity index (χ1v) is 18.7. The van der Waals surface area contributed by atoms with Crippen LogP contribution in [0, 0.1) is 11.8 Å². The van der Waals surface area contributed by atoms with Gasteiger partial charge in [0.1, 0.15) is 17.2 Å². The molecule has 1 saturated carbocycles. The van der Waals surface area contributed by atoms with E-state index in [1.165, 1.54) is 10.6 Å². The number of hydrogen-bond acceptors (Lipinski definition) is 9. The van der Waals surface area contributed by atoms with Gasteiger partial charge in [0.25, 0.3) is 0 Å². The summed E-state index contributed by atoms with van der Waals surface area (Å²) in [7, 11) is -3.29. The van der Waals surface area contributed by atoms with E-state index < -0.39 is 39.3 Å². The fraction of sp³-hybridized carbons (Fsp3) is 0.706. The summed E-state index contributed by atoms with van der Waals surface area (Å²) >= 11 is 0. The number of amides is 3. The van der Waals surface area contributed by atoms with Gasteiger partial charge >= 0.3 is 12.1 Å². The monoisotopic (exact) mass is 691 g/mol. The lowest BCUT2D eigenvalue weighted by Gasteiger charge is -2.37. The lowest BCUT2D eigenvalue weighted by atomic mass is 9.81. The van der Waals surface area contributed by atoms with Crippen LogP contribution in [-0.4, -0.2) is 115 Å². The van der Waals surface area contributed by atoms with Crippen LogP contribution in [0.25, 0.3) is 0 Å². The highest BCUT2D eigenvalue weighted by Crippen LogP contribution is 2.33. The van der Waals surface area contributed by atoms with E-state index >= 15 is 0 Å². The number of anilines is 1. The summed E-state index contributed by atoms with van der Waals surface area (Å²) in [5, 5.41) is 5.79. The molecular formula is C34H53N5O8S. The van der Waals surface area contributed by atoms with Crippen LogP contribution < -0.4 is 10.6 Å². The van der Waals surface area contributed by atoms with Crippen molar-refractivity contribution < 1.29 is 37.1 Å². The van der Waals surface area contributed by atoms with Crippen LogP contribution in [0.1, 0.15) is 84.0 Å². The van der Waals surface area contributed by atoms with Crippen molar-refractivity contribution in [1.29, 1.82) is 0 Å². The van der Waals surface area contributed by atoms with Crippen LogP contribution in [0.3, 0.4) is 0 Å². The van der Waals surface area contributed by atoms with Gasteiger partial charge in [-0.2, -0.15) is 4.31 Å². The predicted molar refractivity (Wildman–Crippen MR) is 182 cm³/mol. The number of rotatable bonds is 8. The number of nitrogens with one attached hydrogen (secondary N) is 2.